The summed E-state index contributed by atoms with van der Waals surface area (Å²) in [6.45, 7) is 4.00. The van der Waals surface area contributed by atoms with Crippen molar-refractivity contribution in [3.8, 4) is 0 Å². The van der Waals surface area contributed by atoms with Crippen LogP contribution in [0, 0.1) is 0 Å². The zero-order valence-electron chi connectivity index (χ0n) is 8.05. The largest absolute Gasteiger partial charge is 0.464 e. The number of carbonyl (C=O) groups is 2. The fourth-order valence-electron chi connectivity index (χ4n) is 1.55. The minimum absolute atomic E-state index is 0.0603. The van der Waals surface area contributed by atoms with E-state index >= 15 is 0 Å². The fraction of sp³-hybridized carbons (Fsp3) is 0.778. The molecule has 1 amide bonds. The summed E-state index contributed by atoms with van der Waals surface area (Å²) in [7, 11) is 0. The molecule has 13 heavy (non-hydrogen) atoms. The molecule has 0 aromatic rings. The summed E-state index contributed by atoms with van der Waals surface area (Å²) in [4.78, 5) is 22.5. The molecule has 0 aromatic heterocycles. The second-order valence-corrected chi connectivity index (χ2v) is 3.20. The Morgan fingerprint density at radius 1 is 1.62 bits per heavy atom. The number of nitrogens with one attached hydrogen (secondary N) is 1. The maximum Gasteiger partial charge on any atom is 0.331 e. The lowest BCUT2D eigenvalue weighted by atomic mass is 9.94. The maximum absolute atomic E-state index is 11.5. The Morgan fingerprint density at radius 2 is 2.31 bits per heavy atom. The van der Waals surface area contributed by atoms with Gasteiger partial charge in [0.25, 0.3) is 0 Å². The summed E-state index contributed by atoms with van der Waals surface area (Å²) in [5.41, 5.74) is -0.743. The molecule has 0 aromatic carbocycles. The SMILES string of the molecule is CCOC(=O)C1(CC)CCC(=O)N1. The van der Waals surface area contributed by atoms with Gasteiger partial charge in [0.05, 0.1) is 6.61 Å². The van der Waals surface area contributed by atoms with E-state index in [1.54, 1.807) is 6.92 Å². The van der Waals surface area contributed by atoms with Gasteiger partial charge in [-0.25, -0.2) is 4.79 Å². The number of hydrogen-bond acceptors (Lipinski definition) is 3. The molecule has 1 atom stereocenters. The van der Waals surface area contributed by atoms with E-state index in [1.807, 2.05) is 6.92 Å². The van der Waals surface area contributed by atoms with Crippen molar-refractivity contribution in [1.82, 2.24) is 5.32 Å². The molecule has 1 aliphatic heterocycles. The summed E-state index contributed by atoms with van der Waals surface area (Å²) < 4.78 is 4.91. The molecule has 1 N–H and O–H groups in total. The Labute approximate surface area is 77.6 Å². The Hall–Kier alpha value is -1.06. The van der Waals surface area contributed by atoms with Crippen molar-refractivity contribution in [2.24, 2.45) is 0 Å². The number of esters is 1. The van der Waals surface area contributed by atoms with Gasteiger partial charge in [-0.2, -0.15) is 0 Å². The van der Waals surface area contributed by atoms with Crippen LogP contribution in [0.3, 0.4) is 0 Å². The second-order valence-electron chi connectivity index (χ2n) is 3.20. The number of amides is 1. The van der Waals surface area contributed by atoms with Crippen LogP contribution in [0.4, 0.5) is 0 Å². The average Bonchev–Trinajstić information content (AvgIpc) is 2.49. The molecule has 0 spiro atoms. The first-order valence-electron chi connectivity index (χ1n) is 4.63. The van der Waals surface area contributed by atoms with Gasteiger partial charge in [-0.1, -0.05) is 6.92 Å². The molecular weight excluding hydrogens is 170 g/mol. The van der Waals surface area contributed by atoms with Crippen molar-refractivity contribution >= 4 is 11.9 Å². The zero-order valence-corrected chi connectivity index (χ0v) is 8.05. The Balaban J connectivity index is 2.70. The summed E-state index contributed by atoms with van der Waals surface area (Å²) in [6.07, 6.45) is 1.57. The highest BCUT2D eigenvalue weighted by atomic mass is 16.5. The van der Waals surface area contributed by atoms with E-state index in [2.05, 4.69) is 5.32 Å². The summed E-state index contributed by atoms with van der Waals surface area (Å²) in [6, 6.07) is 0. The molecule has 0 bridgehead atoms. The third-order valence-corrected chi connectivity index (χ3v) is 2.43. The van der Waals surface area contributed by atoms with Gasteiger partial charge in [-0.15, -0.1) is 0 Å². The van der Waals surface area contributed by atoms with Crippen LogP contribution in [0.1, 0.15) is 33.1 Å². The monoisotopic (exact) mass is 185 g/mol. The van der Waals surface area contributed by atoms with Crippen LogP contribution in [0.2, 0.25) is 0 Å². The molecule has 1 rings (SSSR count). The topological polar surface area (TPSA) is 55.4 Å². The van der Waals surface area contributed by atoms with Crippen molar-refractivity contribution < 1.29 is 14.3 Å². The van der Waals surface area contributed by atoms with Gasteiger partial charge in [0.15, 0.2) is 0 Å². The Bertz CT molecular complexity index is 227. The number of carbonyl (C=O) groups excluding carboxylic acids is 2. The predicted molar refractivity (Wildman–Crippen MR) is 47.0 cm³/mol. The second kappa shape index (κ2) is 3.77. The Morgan fingerprint density at radius 3 is 2.69 bits per heavy atom. The lowest BCUT2D eigenvalue weighted by Crippen LogP contribution is -2.49. The quantitative estimate of drug-likeness (QED) is 0.655. The van der Waals surface area contributed by atoms with Crippen LogP contribution in [0.5, 0.6) is 0 Å². The molecule has 4 heteroatoms. The Kier molecular flexibility index (Phi) is 2.90. The van der Waals surface area contributed by atoms with Crippen molar-refractivity contribution in [1.29, 1.82) is 0 Å². The van der Waals surface area contributed by atoms with Crippen molar-refractivity contribution in [2.75, 3.05) is 6.61 Å². The highest BCUT2D eigenvalue weighted by Crippen LogP contribution is 2.25. The average molecular weight is 185 g/mol. The van der Waals surface area contributed by atoms with Gasteiger partial charge in [0, 0.05) is 6.42 Å². The number of ether oxygens (including phenoxy) is 1. The minimum Gasteiger partial charge on any atom is -0.464 e. The van der Waals surface area contributed by atoms with E-state index in [0.29, 0.717) is 25.9 Å². The lowest BCUT2D eigenvalue weighted by Gasteiger charge is -2.24. The maximum atomic E-state index is 11.5. The highest BCUT2D eigenvalue weighted by Gasteiger charge is 2.44. The molecule has 1 aliphatic rings. The van der Waals surface area contributed by atoms with E-state index in [9.17, 15) is 9.59 Å². The molecule has 74 valence electrons. The van der Waals surface area contributed by atoms with Crippen LogP contribution < -0.4 is 5.32 Å². The third kappa shape index (κ3) is 1.82. The molecular formula is C9H15NO3. The summed E-state index contributed by atoms with van der Waals surface area (Å²) in [5.74, 6) is -0.363. The normalized spacial score (nSPS) is 27.1. The molecule has 0 aliphatic carbocycles. The van der Waals surface area contributed by atoms with Gasteiger partial charge in [-0.05, 0) is 19.8 Å². The number of hydrogen-bond donors (Lipinski definition) is 1. The molecule has 1 unspecified atom stereocenters. The third-order valence-electron chi connectivity index (χ3n) is 2.43. The number of rotatable bonds is 3. The van der Waals surface area contributed by atoms with Gasteiger partial charge in [0.2, 0.25) is 5.91 Å². The molecule has 1 saturated heterocycles. The van der Waals surface area contributed by atoms with Gasteiger partial charge in [-0.3, -0.25) is 4.79 Å². The standard InChI is InChI=1S/C9H15NO3/c1-3-9(8(12)13-4-2)6-5-7(11)10-9/h3-6H2,1-2H3,(H,10,11). The van der Waals surface area contributed by atoms with Crippen LogP contribution in [0.25, 0.3) is 0 Å². The molecule has 0 radical (unpaired) electrons. The van der Waals surface area contributed by atoms with Crippen molar-refractivity contribution in [3.63, 3.8) is 0 Å². The molecule has 4 nitrogen and oxygen atoms in total. The highest BCUT2D eigenvalue weighted by molar-refractivity contribution is 5.91. The summed E-state index contributed by atoms with van der Waals surface area (Å²) in [5, 5.41) is 2.69. The lowest BCUT2D eigenvalue weighted by molar-refractivity contribution is -0.151. The van der Waals surface area contributed by atoms with E-state index in [4.69, 9.17) is 4.74 Å². The van der Waals surface area contributed by atoms with E-state index in [-0.39, 0.29) is 11.9 Å². The van der Waals surface area contributed by atoms with Gasteiger partial charge < -0.3 is 10.1 Å². The van der Waals surface area contributed by atoms with E-state index in [0.717, 1.165) is 0 Å². The smallest absolute Gasteiger partial charge is 0.331 e. The van der Waals surface area contributed by atoms with Crippen molar-refractivity contribution in [3.05, 3.63) is 0 Å². The van der Waals surface area contributed by atoms with E-state index < -0.39 is 5.54 Å². The van der Waals surface area contributed by atoms with Crippen LogP contribution >= 0.6 is 0 Å². The van der Waals surface area contributed by atoms with Gasteiger partial charge in [0.1, 0.15) is 5.54 Å². The van der Waals surface area contributed by atoms with Gasteiger partial charge >= 0.3 is 5.97 Å². The zero-order chi connectivity index (χ0) is 9.90. The minimum atomic E-state index is -0.743. The molecule has 1 heterocycles. The first-order valence-corrected chi connectivity index (χ1v) is 4.63. The first kappa shape index (κ1) is 10.0. The van der Waals surface area contributed by atoms with Crippen molar-refractivity contribution in [2.45, 2.75) is 38.6 Å². The molecule has 1 fully saturated rings. The molecule has 0 saturated carbocycles. The first-order chi connectivity index (χ1) is 6.14. The predicted octanol–water partition coefficient (Wildman–Crippen LogP) is 0.608. The summed E-state index contributed by atoms with van der Waals surface area (Å²) >= 11 is 0. The fourth-order valence-corrected chi connectivity index (χ4v) is 1.55. The van der Waals surface area contributed by atoms with E-state index in [1.165, 1.54) is 0 Å². The van der Waals surface area contributed by atoms with Crippen LogP contribution in [-0.2, 0) is 14.3 Å². The van der Waals surface area contributed by atoms with Crippen LogP contribution in [0.15, 0.2) is 0 Å². The van der Waals surface area contributed by atoms with Crippen LogP contribution in [-0.4, -0.2) is 24.0 Å².